The van der Waals surface area contributed by atoms with Gasteiger partial charge < -0.3 is 15.0 Å². The third-order valence-electron chi connectivity index (χ3n) is 6.04. The van der Waals surface area contributed by atoms with E-state index in [9.17, 15) is 14.0 Å². The number of nitrogens with zero attached hydrogens (tertiary/aromatic N) is 1. The number of hydrogen-bond acceptors (Lipinski definition) is 3. The Bertz CT molecular complexity index is 886. The maximum atomic E-state index is 13.8. The minimum absolute atomic E-state index is 0.0848. The number of carbonyl (C=O) groups is 2. The molecule has 0 spiro atoms. The lowest BCUT2D eigenvalue weighted by atomic mass is 9.87. The van der Waals surface area contributed by atoms with Crippen molar-refractivity contribution in [1.29, 1.82) is 0 Å². The molecule has 0 saturated heterocycles. The van der Waals surface area contributed by atoms with Gasteiger partial charge in [0, 0.05) is 19.5 Å². The van der Waals surface area contributed by atoms with Crippen molar-refractivity contribution in [1.82, 2.24) is 10.2 Å². The van der Waals surface area contributed by atoms with Crippen molar-refractivity contribution in [2.45, 2.75) is 84.8 Å². The van der Waals surface area contributed by atoms with E-state index in [0.29, 0.717) is 25.4 Å². The highest BCUT2D eigenvalue weighted by atomic mass is 19.1. The molecule has 1 aromatic rings. The van der Waals surface area contributed by atoms with Crippen LogP contribution in [-0.2, 0) is 16.0 Å². The molecule has 1 N–H and O–H groups in total. The Morgan fingerprint density at radius 3 is 2.69 bits per heavy atom. The van der Waals surface area contributed by atoms with E-state index < -0.39 is 11.7 Å². The molecule has 1 atom stereocenters. The van der Waals surface area contributed by atoms with Gasteiger partial charge in [-0.1, -0.05) is 19.9 Å². The number of ether oxygens (including phenoxy) is 1. The molecule has 1 aliphatic heterocycles. The van der Waals surface area contributed by atoms with E-state index in [1.165, 1.54) is 17.2 Å². The van der Waals surface area contributed by atoms with Crippen molar-refractivity contribution in [3.05, 3.63) is 40.7 Å². The molecular weight excluding hydrogens is 407 g/mol. The van der Waals surface area contributed by atoms with E-state index in [0.717, 1.165) is 43.2 Å². The molecule has 2 aliphatic rings. The first-order chi connectivity index (χ1) is 15.0. The van der Waals surface area contributed by atoms with E-state index in [-0.39, 0.29) is 17.8 Å². The number of halogens is 1. The predicted molar refractivity (Wildman–Crippen MR) is 125 cm³/mol. The van der Waals surface area contributed by atoms with Crippen molar-refractivity contribution in [2.75, 3.05) is 13.1 Å². The van der Waals surface area contributed by atoms with Gasteiger partial charge in [0.25, 0.3) is 0 Å². The highest BCUT2D eigenvalue weighted by Crippen LogP contribution is 2.42. The van der Waals surface area contributed by atoms with Crippen LogP contribution in [0.3, 0.4) is 0 Å². The largest absolute Gasteiger partial charge is 0.444 e. The van der Waals surface area contributed by atoms with Gasteiger partial charge in [-0.25, -0.2) is 9.18 Å². The molecular formula is C26H37FN2O3. The van der Waals surface area contributed by atoms with Crippen LogP contribution in [0.25, 0.3) is 5.57 Å². The average molecular weight is 445 g/mol. The van der Waals surface area contributed by atoms with Gasteiger partial charge in [0.1, 0.15) is 11.4 Å². The molecule has 0 radical (unpaired) electrons. The lowest BCUT2D eigenvalue weighted by Crippen LogP contribution is -2.45. The van der Waals surface area contributed by atoms with Gasteiger partial charge in [-0.15, -0.1) is 0 Å². The SMILES string of the molecule is CC(C)CC1C2=C(CCN1C(=O)CCCCNC(=O)OC(C)(C)C)c1ccc(F)cc1C2. The van der Waals surface area contributed by atoms with E-state index >= 15 is 0 Å². The Kier molecular flexibility index (Phi) is 7.63. The zero-order chi connectivity index (χ0) is 23.5. The summed E-state index contributed by atoms with van der Waals surface area (Å²) >= 11 is 0. The first-order valence-electron chi connectivity index (χ1n) is 11.8. The molecule has 0 saturated carbocycles. The van der Waals surface area contributed by atoms with Gasteiger partial charge in [-0.3, -0.25) is 4.79 Å². The summed E-state index contributed by atoms with van der Waals surface area (Å²) in [6, 6.07) is 5.16. The van der Waals surface area contributed by atoms with Gasteiger partial charge >= 0.3 is 6.09 Å². The van der Waals surface area contributed by atoms with Crippen LogP contribution in [0.4, 0.5) is 9.18 Å². The molecule has 32 heavy (non-hydrogen) atoms. The Balaban J connectivity index is 1.57. The van der Waals surface area contributed by atoms with Crippen LogP contribution in [0.15, 0.2) is 23.8 Å². The Morgan fingerprint density at radius 2 is 2.00 bits per heavy atom. The number of amides is 2. The molecule has 1 heterocycles. The molecule has 6 heteroatoms. The fourth-order valence-electron chi connectivity index (χ4n) is 4.74. The van der Waals surface area contributed by atoms with Gasteiger partial charge in [-0.05, 0) is 93.2 Å². The molecule has 176 valence electrons. The Morgan fingerprint density at radius 1 is 1.25 bits per heavy atom. The molecule has 0 aromatic heterocycles. The lowest BCUT2D eigenvalue weighted by molar-refractivity contribution is -0.133. The summed E-state index contributed by atoms with van der Waals surface area (Å²) in [6.45, 7) is 11.1. The highest BCUT2D eigenvalue weighted by molar-refractivity contribution is 5.83. The van der Waals surface area contributed by atoms with Crippen LogP contribution < -0.4 is 5.32 Å². The third-order valence-corrected chi connectivity index (χ3v) is 6.04. The smallest absolute Gasteiger partial charge is 0.407 e. The maximum Gasteiger partial charge on any atom is 0.407 e. The van der Waals surface area contributed by atoms with Crippen molar-refractivity contribution in [2.24, 2.45) is 5.92 Å². The molecule has 3 rings (SSSR count). The number of hydrogen-bond donors (Lipinski definition) is 1. The van der Waals surface area contributed by atoms with E-state index in [4.69, 9.17) is 4.74 Å². The average Bonchev–Trinajstić information content (AvgIpc) is 3.04. The van der Waals surface area contributed by atoms with Crippen molar-refractivity contribution >= 4 is 17.6 Å². The summed E-state index contributed by atoms with van der Waals surface area (Å²) in [4.78, 5) is 26.9. The topological polar surface area (TPSA) is 58.6 Å². The molecule has 1 aromatic carbocycles. The monoisotopic (exact) mass is 444 g/mol. The van der Waals surface area contributed by atoms with Crippen LogP contribution in [-0.4, -0.2) is 41.6 Å². The summed E-state index contributed by atoms with van der Waals surface area (Å²) in [5.41, 5.74) is 4.31. The summed E-state index contributed by atoms with van der Waals surface area (Å²) in [7, 11) is 0. The molecule has 1 aliphatic carbocycles. The van der Waals surface area contributed by atoms with Crippen LogP contribution >= 0.6 is 0 Å². The zero-order valence-electron chi connectivity index (χ0n) is 20.1. The number of unbranched alkanes of at least 4 members (excludes halogenated alkanes) is 1. The number of carbonyl (C=O) groups excluding carboxylic acids is 2. The first kappa shape index (κ1) is 24.3. The van der Waals surface area contributed by atoms with Crippen molar-refractivity contribution in [3.63, 3.8) is 0 Å². The first-order valence-corrected chi connectivity index (χ1v) is 11.8. The van der Waals surface area contributed by atoms with Crippen molar-refractivity contribution < 1.29 is 18.7 Å². The second kappa shape index (κ2) is 10.1. The standard InChI is InChI=1S/C26H37FN2O3/c1-17(2)14-23-22-16-18-15-19(27)9-10-20(18)21(22)11-13-29(23)24(30)8-6-7-12-28-25(31)32-26(3,4)5/h9-10,15,17,23H,6-8,11-14,16H2,1-5H3,(H,28,31). The van der Waals surface area contributed by atoms with Crippen molar-refractivity contribution in [3.8, 4) is 0 Å². The van der Waals surface area contributed by atoms with E-state index in [2.05, 4.69) is 19.2 Å². The lowest BCUT2D eigenvalue weighted by Gasteiger charge is -2.38. The highest BCUT2D eigenvalue weighted by Gasteiger charge is 2.36. The van der Waals surface area contributed by atoms with Gasteiger partial charge in [-0.2, -0.15) is 0 Å². The van der Waals surface area contributed by atoms with E-state index in [1.807, 2.05) is 31.7 Å². The number of benzene rings is 1. The number of nitrogens with one attached hydrogen (secondary N) is 1. The number of fused-ring (bicyclic) bond motifs is 2. The minimum Gasteiger partial charge on any atom is -0.444 e. The molecule has 1 unspecified atom stereocenters. The summed E-state index contributed by atoms with van der Waals surface area (Å²) in [5, 5.41) is 2.75. The quantitative estimate of drug-likeness (QED) is 0.567. The zero-order valence-corrected chi connectivity index (χ0v) is 20.1. The number of alkyl carbamates (subject to hydrolysis) is 1. The summed E-state index contributed by atoms with van der Waals surface area (Å²) in [6.07, 6.45) is 3.98. The third kappa shape index (κ3) is 6.11. The molecule has 2 amide bonds. The Labute approximate surface area is 191 Å². The fraction of sp³-hybridized carbons (Fsp3) is 0.615. The summed E-state index contributed by atoms with van der Waals surface area (Å²) < 4.78 is 19.0. The fourth-order valence-corrected chi connectivity index (χ4v) is 4.74. The second-order valence-corrected chi connectivity index (χ2v) is 10.4. The Hall–Kier alpha value is -2.37. The van der Waals surface area contributed by atoms with Crippen LogP contribution in [0, 0.1) is 11.7 Å². The molecule has 0 fully saturated rings. The predicted octanol–water partition coefficient (Wildman–Crippen LogP) is 5.48. The normalized spacial score (nSPS) is 18.0. The van der Waals surface area contributed by atoms with Crippen LogP contribution in [0.2, 0.25) is 0 Å². The molecule has 5 nitrogen and oxygen atoms in total. The van der Waals surface area contributed by atoms with Gasteiger partial charge in [0.2, 0.25) is 5.91 Å². The maximum absolute atomic E-state index is 13.8. The van der Waals surface area contributed by atoms with Gasteiger partial charge in [0.05, 0.1) is 6.04 Å². The number of rotatable bonds is 7. The van der Waals surface area contributed by atoms with E-state index in [1.54, 1.807) is 6.07 Å². The second-order valence-electron chi connectivity index (χ2n) is 10.4. The minimum atomic E-state index is -0.515. The van der Waals surface area contributed by atoms with Crippen LogP contribution in [0.5, 0.6) is 0 Å². The summed E-state index contributed by atoms with van der Waals surface area (Å²) in [5.74, 6) is 0.430. The van der Waals surface area contributed by atoms with Crippen LogP contribution in [0.1, 0.15) is 77.8 Å². The molecule has 0 bridgehead atoms. The van der Waals surface area contributed by atoms with Gasteiger partial charge in [0.15, 0.2) is 0 Å².